The average Bonchev–Trinajstić information content (AvgIpc) is 2.73. The van der Waals surface area contributed by atoms with E-state index in [0.29, 0.717) is 31.3 Å². The van der Waals surface area contributed by atoms with E-state index >= 15 is 0 Å². The summed E-state index contributed by atoms with van der Waals surface area (Å²) in [5, 5.41) is 12.7. The van der Waals surface area contributed by atoms with Crippen LogP contribution >= 0.6 is 45.8 Å². The predicted molar refractivity (Wildman–Crippen MR) is 127 cm³/mol. The Balaban J connectivity index is 2.25. The van der Waals surface area contributed by atoms with E-state index in [1.165, 1.54) is 25.3 Å². The maximum Gasteiger partial charge on any atom is 0.344 e. The second-order valence-corrected chi connectivity index (χ2v) is 7.86. The fraction of sp³-hybridized carbons (Fsp3) is 0.190. The van der Waals surface area contributed by atoms with E-state index in [-0.39, 0.29) is 23.8 Å². The SMILES string of the molecule is CCOC(=O)COc1c(I)cc(/C=C(\C#N)C(=O)Nc2ccc(Cl)c(Cl)c2)cc1OC. The molecule has 7 nitrogen and oxygen atoms in total. The Labute approximate surface area is 203 Å². The number of nitriles is 1. The van der Waals surface area contributed by atoms with E-state index in [1.54, 1.807) is 25.1 Å². The molecule has 0 bridgehead atoms. The fourth-order valence-corrected chi connectivity index (χ4v) is 3.46. The van der Waals surface area contributed by atoms with Gasteiger partial charge in [-0.15, -0.1) is 0 Å². The van der Waals surface area contributed by atoms with Crippen LogP contribution in [-0.4, -0.2) is 32.2 Å². The number of hydrogen-bond acceptors (Lipinski definition) is 6. The van der Waals surface area contributed by atoms with Gasteiger partial charge in [-0.2, -0.15) is 5.26 Å². The number of nitrogens with one attached hydrogen (secondary N) is 1. The molecular weight excluding hydrogens is 558 g/mol. The molecule has 10 heteroatoms. The minimum absolute atomic E-state index is 0.135. The molecule has 2 aromatic carbocycles. The fourth-order valence-electron chi connectivity index (χ4n) is 2.38. The molecule has 0 heterocycles. The molecular formula is C21H17Cl2IN2O5. The second kappa shape index (κ2) is 11.8. The van der Waals surface area contributed by atoms with Crippen molar-refractivity contribution in [3.63, 3.8) is 0 Å². The number of nitrogens with zero attached hydrogens (tertiary/aromatic N) is 1. The first-order valence-corrected chi connectivity index (χ1v) is 10.7. The highest BCUT2D eigenvalue weighted by Crippen LogP contribution is 2.34. The standard InChI is InChI=1S/C21H17Cl2IN2O5/c1-3-30-19(27)11-31-20-17(24)7-12(8-18(20)29-2)6-13(10-25)21(28)26-14-4-5-15(22)16(23)9-14/h4-9H,3,11H2,1-2H3,(H,26,28)/b13-6+. The summed E-state index contributed by atoms with van der Waals surface area (Å²) in [5.41, 5.74) is 0.796. The molecule has 162 valence electrons. The van der Waals surface area contributed by atoms with Crippen molar-refractivity contribution >= 4 is 69.4 Å². The normalized spacial score (nSPS) is 10.8. The Morgan fingerprint density at radius 1 is 1.23 bits per heavy atom. The molecule has 1 N–H and O–H groups in total. The van der Waals surface area contributed by atoms with Gasteiger partial charge in [0.2, 0.25) is 0 Å². The van der Waals surface area contributed by atoms with Crippen LogP contribution in [0.2, 0.25) is 10.0 Å². The highest BCUT2D eigenvalue weighted by atomic mass is 127. The Hall–Kier alpha value is -2.48. The quantitative estimate of drug-likeness (QED) is 0.204. The van der Waals surface area contributed by atoms with Gasteiger partial charge in [0.05, 0.1) is 27.3 Å². The third-order valence-electron chi connectivity index (χ3n) is 3.75. The number of anilines is 1. The minimum atomic E-state index is -0.613. The van der Waals surface area contributed by atoms with Crippen LogP contribution in [-0.2, 0) is 14.3 Å². The van der Waals surface area contributed by atoms with Crippen molar-refractivity contribution in [3.8, 4) is 17.6 Å². The zero-order chi connectivity index (χ0) is 23.0. The van der Waals surface area contributed by atoms with Gasteiger partial charge >= 0.3 is 5.97 Å². The number of esters is 1. The Morgan fingerprint density at radius 2 is 1.97 bits per heavy atom. The van der Waals surface area contributed by atoms with Crippen molar-refractivity contribution in [1.29, 1.82) is 5.26 Å². The molecule has 0 spiro atoms. The number of carbonyl (C=O) groups excluding carboxylic acids is 2. The summed E-state index contributed by atoms with van der Waals surface area (Å²) in [5.74, 6) is -0.427. The molecule has 2 aromatic rings. The number of methoxy groups -OCH3 is 1. The highest BCUT2D eigenvalue weighted by molar-refractivity contribution is 14.1. The number of hydrogen-bond donors (Lipinski definition) is 1. The number of rotatable bonds is 8. The van der Waals surface area contributed by atoms with Crippen molar-refractivity contribution in [2.24, 2.45) is 0 Å². The van der Waals surface area contributed by atoms with Crippen LogP contribution in [0.25, 0.3) is 6.08 Å². The molecule has 0 saturated carbocycles. The summed E-state index contributed by atoms with van der Waals surface area (Å²) in [6.07, 6.45) is 1.41. The monoisotopic (exact) mass is 574 g/mol. The number of amides is 1. The van der Waals surface area contributed by atoms with E-state index < -0.39 is 11.9 Å². The molecule has 0 saturated heterocycles. The summed E-state index contributed by atoms with van der Waals surface area (Å²) < 4.78 is 16.3. The third kappa shape index (κ3) is 7.02. The minimum Gasteiger partial charge on any atom is -0.493 e. The number of halogens is 3. The van der Waals surface area contributed by atoms with Crippen LogP contribution in [0.15, 0.2) is 35.9 Å². The van der Waals surface area contributed by atoms with Crippen molar-refractivity contribution in [3.05, 3.63) is 55.1 Å². The molecule has 2 rings (SSSR count). The number of ether oxygens (including phenoxy) is 3. The average molecular weight is 575 g/mol. The first-order chi connectivity index (χ1) is 14.8. The van der Waals surface area contributed by atoms with Gasteiger partial charge < -0.3 is 19.5 Å². The molecule has 0 aliphatic heterocycles. The summed E-state index contributed by atoms with van der Waals surface area (Å²) in [7, 11) is 1.44. The van der Waals surface area contributed by atoms with E-state index in [0.717, 1.165) is 0 Å². The topological polar surface area (TPSA) is 97.7 Å². The smallest absolute Gasteiger partial charge is 0.344 e. The number of benzene rings is 2. The lowest BCUT2D eigenvalue weighted by Crippen LogP contribution is -2.15. The molecule has 0 aromatic heterocycles. The van der Waals surface area contributed by atoms with Gasteiger partial charge in [-0.3, -0.25) is 4.79 Å². The van der Waals surface area contributed by atoms with Crippen LogP contribution in [0.4, 0.5) is 5.69 Å². The van der Waals surface area contributed by atoms with Crippen molar-refractivity contribution in [1.82, 2.24) is 0 Å². The molecule has 0 aliphatic rings. The zero-order valence-electron chi connectivity index (χ0n) is 16.5. The third-order valence-corrected chi connectivity index (χ3v) is 5.29. The first kappa shape index (κ1) is 24.8. The maximum absolute atomic E-state index is 12.5. The Kier molecular flexibility index (Phi) is 9.43. The van der Waals surface area contributed by atoms with Crippen LogP contribution < -0.4 is 14.8 Å². The van der Waals surface area contributed by atoms with Crippen LogP contribution in [0.1, 0.15) is 12.5 Å². The van der Waals surface area contributed by atoms with Crippen molar-refractivity contribution in [2.75, 3.05) is 25.6 Å². The Bertz CT molecular complexity index is 1070. The summed E-state index contributed by atoms with van der Waals surface area (Å²) >= 11 is 13.8. The van der Waals surface area contributed by atoms with Gasteiger partial charge in [-0.1, -0.05) is 23.2 Å². The second-order valence-electron chi connectivity index (χ2n) is 5.88. The lowest BCUT2D eigenvalue weighted by atomic mass is 10.1. The van der Waals surface area contributed by atoms with E-state index in [2.05, 4.69) is 5.32 Å². The molecule has 0 unspecified atom stereocenters. The molecule has 0 fully saturated rings. The first-order valence-electron chi connectivity index (χ1n) is 8.83. The molecule has 1 amide bonds. The number of carbonyl (C=O) groups is 2. The van der Waals surface area contributed by atoms with Gasteiger partial charge in [0.25, 0.3) is 5.91 Å². The lowest BCUT2D eigenvalue weighted by Gasteiger charge is -2.13. The van der Waals surface area contributed by atoms with Gasteiger partial charge in [0.1, 0.15) is 11.6 Å². The molecule has 0 radical (unpaired) electrons. The summed E-state index contributed by atoms with van der Waals surface area (Å²) in [6.45, 7) is 1.68. The summed E-state index contributed by atoms with van der Waals surface area (Å²) in [6, 6.07) is 9.75. The molecule has 31 heavy (non-hydrogen) atoms. The van der Waals surface area contributed by atoms with E-state index in [4.69, 9.17) is 37.4 Å². The van der Waals surface area contributed by atoms with Crippen LogP contribution in [0.5, 0.6) is 11.5 Å². The van der Waals surface area contributed by atoms with Crippen LogP contribution in [0.3, 0.4) is 0 Å². The zero-order valence-corrected chi connectivity index (χ0v) is 20.2. The van der Waals surface area contributed by atoms with Crippen LogP contribution in [0, 0.1) is 14.9 Å². The molecule has 0 aliphatic carbocycles. The van der Waals surface area contributed by atoms with Gasteiger partial charge in [-0.05, 0) is 71.5 Å². The van der Waals surface area contributed by atoms with E-state index in [1.807, 2.05) is 28.7 Å². The van der Waals surface area contributed by atoms with Crippen molar-refractivity contribution in [2.45, 2.75) is 6.92 Å². The van der Waals surface area contributed by atoms with Crippen molar-refractivity contribution < 1.29 is 23.8 Å². The maximum atomic E-state index is 12.5. The largest absolute Gasteiger partial charge is 0.493 e. The van der Waals surface area contributed by atoms with Gasteiger partial charge in [0.15, 0.2) is 18.1 Å². The molecule has 0 atom stereocenters. The van der Waals surface area contributed by atoms with E-state index in [9.17, 15) is 14.9 Å². The van der Waals surface area contributed by atoms with Gasteiger partial charge in [0, 0.05) is 5.69 Å². The lowest BCUT2D eigenvalue weighted by molar-refractivity contribution is -0.145. The highest BCUT2D eigenvalue weighted by Gasteiger charge is 2.16. The summed E-state index contributed by atoms with van der Waals surface area (Å²) in [4.78, 5) is 24.0. The predicted octanol–water partition coefficient (Wildman–Crippen LogP) is 5.09. The Morgan fingerprint density at radius 3 is 2.58 bits per heavy atom. The van der Waals surface area contributed by atoms with Gasteiger partial charge in [-0.25, -0.2) is 4.79 Å².